The number of hydrogen-bond donors (Lipinski definition) is 1. The van der Waals surface area contributed by atoms with Crippen LogP contribution in [0.2, 0.25) is 0 Å². The third-order valence-electron chi connectivity index (χ3n) is 4.12. The van der Waals surface area contributed by atoms with Crippen LogP contribution in [0.25, 0.3) is 0 Å². The largest absolute Gasteiger partial charge is 0.383 e. The number of ether oxygens (including phenoxy) is 1. The summed E-state index contributed by atoms with van der Waals surface area (Å²) in [7, 11) is 3.81. The molecule has 3 nitrogen and oxygen atoms in total. The molecule has 120 valence electrons. The standard InChI is InChI=1S/C17H29BrN2O/c1-5-14(2)20(12-13-21-4)11-10-17(19-3)15-6-8-16(18)9-7-15/h6-9,14,17,19H,5,10-13H2,1-4H3. The van der Waals surface area contributed by atoms with Crippen molar-refractivity contribution in [1.29, 1.82) is 0 Å². The lowest BCUT2D eigenvalue weighted by atomic mass is 10.0. The van der Waals surface area contributed by atoms with Gasteiger partial charge in [0.05, 0.1) is 6.61 Å². The lowest BCUT2D eigenvalue weighted by molar-refractivity contribution is 0.119. The van der Waals surface area contributed by atoms with Gasteiger partial charge in [-0.15, -0.1) is 0 Å². The summed E-state index contributed by atoms with van der Waals surface area (Å²) in [6.45, 7) is 7.42. The van der Waals surface area contributed by atoms with Crippen molar-refractivity contribution >= 4 is 15.9 Å². The van der Waals surface area contributed by atoms with Crippen molar-refractivity contribution < 1.29 is 4.74 Å². The molecule has 0 saturated carbocycles. The summed E-state index contributed by atoms with van der Waals surface area (Å²) in [5.74, 6) is 0. The lowest BCUT2D eigenvalue weighted by Gasteiger charge is -2.30. The van der Waals surface area contributed by atoms with Gasteiger partial charge in [-0.05, 0) is 44.5 Å². The monoisotopic (exact) mass is 356 g/mol. The first kappa shape index (κ1) is 18.6. The van der Waals surface area contributed by atoms with Gasteiger partial charge in [0.15, 0.2) is 0 Å². The van der Waals surface area contributed by atoms with E-state index in [1.807, 2.05) is 7.05 Å². The minimum Gasteiger partial charge on any atom is -0.383 e. The molecule has 0 bridgehead atoms. The fourth-order valence-corrected chi connectivity index (χ4v) is 2.75. The number of benzene rings is 1. The van der Waals surface area contributed by atoms with E-state index in [0.717, 1.165) is 30.6 Å². The van der Waals surface area contributed by atoms with Gasteiger partial charge >= 0.3 is 0 Å². The molecule has 1 N–H and O–H groups in total. The van der Waals surface area contributed by atoms with Gasteiger partial charge in [0.1, 0.15) is 0 Å². The van der Waals surface area contributed by atoms with Crippen LogP contribution < -0.4 is 5.32 Å². The fraction of sp³-hybridized carbons (Fsp3) is 0.647. The van der Waals surface area contributed by atoms with Gasteiger partial charge in [-0.25, -0.2) is 0 Å². The molecule has 0 amide bonds. The Morgan fingerprint density at radius 2 is 1.90 bits per heavy atom. The van der Waals surface area contributed by atoms with Gasteiger partial charge in [-0.2, -0.15) is 0 Å². The van der Waals surface area contributed by atoms with E-state index in [4.69, 9.17) is 4.74 Å². The molecule has 1 aromatic carbocycles. The molecule has 0 aromatic heterocycles. The Hall–Kier alpha value is -0.420. The van der Waals surface area contributed by atoms with Crippen LogP contribution in [0.15, 0.2) is 28.7 Å². The van der Waals surface area contributed by atoms with E-state index < -0.39 is 0 Å². The Morgan fingerprint density at radius 1 is 1.24 bits per heavy atom. The molecule has 1 aromatic rings. The van der Waals surface area contributed by atoms with Gasteiger partial charge < -0.3 is 10.1 Å². The second-order valence-electron chi connectivity index (χ2n) is 5.47. The Kier molecular flexibility index (Phi) is 9.16. The summed E-state index contributed by atoms with van der Waals surface area (Å²) in [6.07, 6.45) is 2.28. The molecule has 0 aliphatic rings. The maximum Gasteiger partial charge on any atom is 0.0589 e. The van der Waals surface area contributed by atoms with Crippen molar-refractivity contribution in [2.75, 3.05) is 33.9 Å². The van der Waals surface area contributed by atoms with E-state index >= 15 is 0 Å². The number of methoxy groups -OCH3 is 1. The third kappa shape index (κ3) is 6.47. The van der Waals surface area contributed by atoms with Crippen molar-refractivity contribution in [2.24, 2.45) is 0 Å². The summed E-state index contributed by atoms with van der Waals surface area (Å²) in [5.41, 5.74) is 1.34. The summed E-state index contributed by atoms with van der Waals surface area (Å²) < 4.78 is 6.36. The van der Waals surface area contributed by atoms with Gasteiger partial charge in [-0.3, -0.25) is 4.90 Å². The highest BCUT2D eigenvalue weighted by Crippen LogP contribution is 2.20. The average molecular weight is 357 g/mol. The molecule has 21 heavy (non-hydrogen) atoms. The first-order valence-electron chi connectivity index (χ1n) is 7.78. The smallest absolute Gasteiger partial charge is 0.0589 e. The van der Waals surface area contributed by atoms with E-state index in [-0.39, 0.29) is 0 Å². The first-order chi connectivity index (χ1) is 10.1. The van der Waals surface area contributed by atoms with E-state index in [0.29, 0.717) is 12.1 Å². The Morgan fingerprint density at radius 3 is 2.43 bits per heavy atom. The van der Waals surface area contributed by atoms with Crippen molar-refractivity contribution in [2.45, 2.75) is 38.8 Å². The first-order valence-corrected chi connectivity index (χ1v) is 8.57. The molecule has 1 rings (SSSR count). The molecule has 0 aliphatic heterocycles. The molecule has 0 radical (unpaired) electrons. The van der Waals surface area contributed by atoms with Crippen LogP contribution >= 0.6 is 15.9 Å². The van der Waals surface area contributed by atoms with Crippen molar-refractivity contribution in [1.82, 2.24) is 10.2 Å². The van der Waals surface area contributed by atoms with Crippen LogP contribution in [-0.4, -0.2) is 44.8 Å². The van der Waals surface area contributed by atoms with Crippen molar-refractivity contribution in [3.05, 3.63) is 34.3 Å². The van der Waals surface area contributed by atoms with Crippen LogP contribution in [0.3, 0.4) is 0 Å². The molecule has 0 spiro atoms. The minimum absolute atomic E-state index is 0.396. The molecule has 0 fully saturated rings. The summed E-state index contributed by atoms with van der Waals surface area (Å²) >= 11 is 3.49. The number of nitrogens with one attached hydrogen (secondary N) is 1. The zero-order valence-electron chi connectivity index (χ0n) is 13.7. The van der Waals surface area contributed by atoms with Crippen LogP contribution in [-0.2, 0) is 4.74 Å². The average Bonchev–Trinajstić information content (AvgIpc) is 2.51. The van der Waals surface area contributed by atoms with Crippen LogP contribution in [0.5, 0.6) is 0 Å². The van der Waals surface area contributed by atoms with E-state index in [1.54, 1.807) is 7.11 Å². The molecular weight excluding hydrogens is 328 g/mol. The summed E-state index contributed by atoms with van der Waals surface area (Å²) in [6, 6.07) is 9.59. The molecule has 0 aliphatic carbocycles. The topological polar surface area (TPSA) is 24.5 Å². The predicted molar refractivity (Wildman–Crippen MR) is 93.8 cm³/mol. The molecular formula is C17H29BrN2O. The molecule has 4 heteroatoms. The van der Waals surface area contributed by atoms with E-state index in [1.165, 1.54) is 12.0 Å². The maximum absolute atomic E-state index is 5.24. The molecule has 0 saturated heterocycles. The molecule has 0 heterocycles. The number of nitrogens with zero attached hydrogens (tertiary/aromatic N) is 1. The van der Waals surface area contributed by atoms with Gasteiger partial charge in [0.2, 0.25) is 0 Å². The molecule has 2 unspecified atom stereocenters. The SMILES string of the molecule is CCC(C)N(CCOC)CCC(NC)c1ccc(Br)cc1. The lowest BCUT2D eigenvalue weighted by Crippen LogP contribution is -2.37. The Balaban J connectivity index is 2.60. The maximum atomic E-state index is 5.24. The molecule has 2 atom stereocenters. The Labute approximate surface area is 138 Å². The van der Waals surface area contributed by atoms with E-state index in [2.05, 4.69) is 64.3 Å². The second-order valence-corrected chi connectivity index (χ2v) is 6.38. The zero-order valence-corrected chi connectivity index (χ0v) is 15.3. The predicted octanol–water partition coefficient (Wildman–Crippen LogP) is 3.85. The van der Waals surface area contributed by atoms with Gasteiger partial charge in [0.25, 0.3) is 0 Å². The van der Waals surface area contributed by atoms with Crippen molar-refractivity contribution in [3.63, 3.8) is 0 Å². The van der Waals surface area contributed by atoms with Crippen LogP contribution in [0.4, 0.5) is 0 Å². The van der Waals surface area contributed by atoms with Crippen LogP contribution in [0, 0.1) is 0 Å². The third-order valence-corrected chi connectivity index (χ3v) is 4.65. The second kappa shape index (κ2) is 10.3. The van der Waals surface area contributed by atoms with Gasteiger partial charge in [0, 0.05) is 36.8 Å². The highest BCUT2D eigenvalue weighted by atomic mass is 79.9. The summed E-state index contributed by atoms with van der Waals surface area (Å²) in [5, 5.41) is 3.43. The van der Waals surface area contributed by atoms with Gasteiger partial charge in [-0.1, -0.05) is 35.0 Å². The fourth-order valence-electron chi connectivity index (χ4n) is 2.49. The minimum atomic E-state index is 0.396. The van der Waals surface area contributed by atoms with E-state index in [9.17, 15) is 0 Å². The summed E-state index contributed by atoms with van der Waals surface area (Å²) in [4.78, 5) is 2.52. The highest BCUT2D eigenvalue weighted by molar-refractivity contribution is 9.10. The van der Waals surface area contributed by atoms with Crippen LogP contribution in [0.1, 0.15) is 38.3 Å². The normalized spacial score (nSPS) is 14.4. The number of rotatable bonds is 10. The quantitative estimate of drug-likeness (QED) is 0.689. The zero-order chi connectivity index (χ0) is 15.7. The Bertz CT molecular complexity index is 383. The highest BCUT2D eigenvalue weighted by Gasteiger charge is 2.15. The number of hydrogen-bond acceptors (Lipinski definition) is 3. The number of halogens is 1. The van der Waals surface area contributed by atoms with Crippen molar-refractivity contribution in [3.8, 4) is 0 Å².